The van der Waals surface area contributed by atoms with Gasteiger partial charge in [-0.2, -0.15) is 15.0 Å². The van der Waals surface area contributed by atoms with Gasteiger partial charge >= 0.3 is 6.36 Å². The van der Waals surface area contributed by atoms with Gasteiger partial charge in [0, 0.05) is 44.0 Å². The van der Waals surface area contributed by atoms with Gasteiger partial charge in [-0.05, 0) is 48.5 Å². The summed E-state index contributed by atoms with van der Waals surface area (Å²) in [5, 5.41) is 12.2. The fraction of sp³-hybridized carbons (Fsp3) is 0.348. The zero-order chi connectivity index (χ0) is 24.8. The van der Waals surface area contributed by atoms with Crippen LogP contribution in [-0.4, -0.2) is 77.8 Å². The van der Waals surface area contributed by atoms with E-state index in [2.05, 4.69) is 29.9 Å². The number of aliphatic hydroxyl groups is 1. The molecule has 3 aromatic rings. The number of nitrogens with zero attached hydrogens (tertiary/aromatic N) is 5. The summed E-state index contributed by atoms with van der Waals surface area (Å²) in [7, 11) is 1.58. The number of aliphatic hydroxyl groups excluding tert-OH is 1. The maximum absolute atomic E-state index is 12.4. The molecule has 1 aromatic heterocycles. The first-order chi connectivity index (χ1) is 16.8. The minimum atomic E-state index is -4.76. The number of hydrogen-bond acceptors (Lipinski definition) is 9. The Balaban J connectivity index is 1.59. The molecule has 1 fully saturated rings. The number of halogens is 3. The van der Waals surface area contributed by atoms with Gasteiger partial charge < -0.3 is 24.8 Å². The van der Waals surface area contributed by atoms with Crippen LogP contribution in [0, 0.1) is 0 Å². The van der Waals surface area contributed by atoms with Crippen molar-refractivity contribution in [2.24, 2.45) is 0 Å². The average molecular weight is 490 g/mol. The average Bonchev–Trinajstić information content (AvgIpc) is 2.85. The van der Waals surface area contributed by atoms with Crippen molar-refractivity contribution in [2.75, 3.05) is 56.7 Å². The molecule has 0 aliphatic carbocycles. The van der Waals surface area contributed by atoms with E-state index in [0.717, 1.165) is 18.7 Å². The summed E-state index contributed by atoms with van der Waals surface area (Å²) in [5.74, 6) is 1.55. The summed E-state index contributed by atoms with van der Waals surface area (Å²) in [6.07, 6.45) is -4.76. The van der Waals surface area contributed by atoms with Crippen molar-refractivity contribution in [3.05, 3.63) is 48.5 Å². The van der Waals surface area contributed by atoms with Crippen molar-refractivity contribution >= 4 is 17.6 Å². The summed E-state index contributed by atoms with van der Waals surface area (Å²) in [6, 6.07) is 12.6. The van der Waals surface area contributed by atoms with E-state index in [4.69, 9.17) is 4.74 Å². The van der Waals surface area contributed by atoms with Crippen molar-refractivity contribution in [3.63, 3.8) is 0 Å². The molecule has 0 unspecified atom stereocenters. The summed E-state index contributed by atoms with van der Waals surface area (Å²) in [5.41, 5.74) is 1.25. The first-order valence-corrected chi connectivity index (χ1v) is 10.9. The maximum Gasteiger partial charge on any atom is 0.573 e. The second kappa shape index (κ2) is 10.7. The largest absolute Gasteiger partial charge is 0.573 e. The van der Waals surface area contributed by atoms with Gasteiger partial charge in [0.1, 0.15) is 11.5 Å². The Morgan fingerprint density at radius 2 is 1.57 bits per heavy atom. The van der Waals surface area contributed by atoms with Crippen LogP contribution in [0.3, 0.4) is 0 Å². The highest BCUT2D eigenvalue weighted by atomic mass is 19.4. The van der Waals surface area contributed by atoms with Crippen LogP contribution in [0.4, 0.5) is 30.8 Å². The van der Waals surface area contributed by atoms with Gasteiger partial charge in [-0.25, -0.2) is 0 Å². The highest BCUT2D eigenvalue weighted by Crippen LogP contribution is 2.27. The minimum absolute atomic E-state index is 0.105. The first kappa shape index (κ1) is 24.5. The number of rotatable bonds is 8. The molecular formula is C23H25F3N6O3. The van der Waals surface area contributed by atoms with Crippen molar-refractivity contribution < 1.29 is 27.8 Å². The Hall–Kier alpha value is -3.64. The Morgan fingerprint density at radius 1 is 0.914 bits per heavy atom. The van der Waals surface area contributed by atoms with Crippen LogP contribution in [0.15, 0.2) is 48.5 Å². The molecule has 9 nitrogen and oxygen atoms in total. The lowest BCUT2D eigenvalue weighted by molar-refractivity contribution is -0.274. The Morgan fingerprint density at radius 3 is 2.17 bits per heavy atom. The quantitative estimate of drug-likeness (QED) is 0.493. The SMILES string of the molecule is COc1ccc(-c2nc(Nc3ccc(OC(F)(F)F)cc3)nc(N3CCN(CCO)CC3)n2)cc1. The number of aromatic nitrogens is 3. The number of ether oxygens (including phenoxy) is 2. The summed E-state index contributed by atoms with van der Waals surface area (Å²) >= 11 is 0. The number of nitrogens with one attached hydrogen (secondary N) is 1. The lowest BCUT2D eigenvalue weighted by Gasteiger charge is -2.34. The molecule has 0 radical (unpaired) electrons. The van der Waals surface area contributed by atoms with Gasteiger partial charge in [0.15, 0.2) is 5.82 Å². The van der Waals surface area contributed by atoms with E-state index < -0.39 is 6.36 Å². The molecule has 186 valence electrons. The fourth-order valence-electron chi connectivity index (χ4n) is 3.61. The van der Waals surface area contributed by atoms with Crippen LogP contribution in [0.25, 0.3) is 11.4 Å². The van der Waals surface area contributed by atoms with Gasteiger partial charge in [0.05, 0.1) is 13.7 Å². The third-order valence-corrected chi connectivity index (χ3v) is 5.39. The van der Waals surface area contributed by atoms with E-state index in [0.29, 0.717) is 42.8 Å². The molecule has 0 saturated carbocycles. The van der Waals surface area contributed by atoms with E-state index in [1.807, 2.05) is 17.0 Å². The van der Waals surface area contributed by atoms with Crippen molar-refractivity contribution in [2.45, 2.75) is 6.36 Å². The Kier molecular flexibility index (Phi) is 7.51. The number of hydrogen-bond donors (Lipinski definition) is 2. The molecule has 2 aromatic carbocycles. The molecule has 0 amide bonds. The second-order valence-electron chi connectivity index (χ2n) is 7.76. The Labute approximate surface area is 200 Å². The summed E-state index contributed by atoms with van der Waals surface area (Å²) in [6.45, 7) is 3.59. The number of methoxy groups -OCH3 is 1. The van der Waals surface area contributed by atoms with Gasteiger partial charge in [-0.15, -0.1) is 13.2 Å². The lowest BCUT2D eigenvalue weighted by Crippen LogP contribution is -2.47. The number of anilines is 3. The zero-order valence-electron chi connectivity index (χ0n) is 19.0. The number of alkyl halides is 3. The molecule has 4 rings (SSSR count). The molecule has 2 N–H and O–H groups in total. The molecule has 0 atom stereocenters. The van der Waals surface area contributed by atoms with Gasteiger partial charge in [-0.1, -0.05) is 0 Å². The zero-order valence-corrected chi connectivity index (χ0v) is 19.0. The van der Waals surface area contributed by atoms with Gasteiger partial charge in [0.25, 0.3) is 0 Å². The number of piperazine rings is 1. The van der Waals surface area contributed by atoms with E-state index in [1.165, 1.54) is 24.3 Å². The van der Waals surface area contributed by atoms with Crippen LogP contribution in [0.5, 0.6) is 11.5 Å². The molecule has 1 saturated heterocycles. The highest BCUT2D eigenvalue weighted by Gasteiger charge is 2.31. The molecule has 0 spiro atoms. The van der Waals surface area contributed by atoms with Crippen LogP contribution < -0.4 is 19.7 Å². The highest BCUT2D eigenvalue weighted by molar-refractivity contribution is 5.62. The summed E-state index contributed by atoms with van der Waals surface area (Å²) < 4.78 is 46.5. The predicted octanol–water partition coefficient (Wildman–Crippen LogP) is 3.30. The molecule has 1 aliphatic heterocycles. The van der Waals surface area contributed by atoms with E-state index in [1.54, 1.807) is 19.2 Å². The molecule has 35 heavy (non-hydrogen) atoms. The third kappa shape index (κ3) is 6.70. The van der Waals surface area contributed by atoms with E-state index in [-0.39, 0.29) is 18.3 Å². The monoisotopic (exact) mass is 490 g/mol. The van der Waals surface area contributed by atoms with Crippen molar-refractivity contribution in [3.8, 4) is 22.9 Å². The second-order valence-corrected chi connectivity index (χ2v) is 7.76. The van der Waals surface area contributed by atoms with Crippen LogP contribution in [-0.2, 0) is 0 Å². The molecule has 1 aliphatic rings. The first-order valence-electron chi connectivity index (χ1n) is 10.9. The van der Waals surface area contributed by atoms with Crippen LogP contribution >= 0.6 is 0 Å². The maximum atomic E-state index is 12.4. The topological polar surface area (TPSA) is 95.9 Å². The predicted molar refractivity (Wildman–Crippen MR) is 124 cm³/mol. The Bertz CT molecular complexity index is 1100. The normalized spacial score (nSPS) is 14.6. The van der Waals surface area contributed by atoms with Crippen LogP contribution in [0.1, 0.15) is 0 Å². The van der Waals surface area contributed by atoms with Crippen LogP contribution in [0.2, 0.25) is 0 Å². The summed E-state index contributed by atoms with van der Waals surface area (Å²) in [4.78, 5) is 17.9. The third-order valence-electron chi connectivity index (χ3n) is 5.39. The fourth-order valence-corrected chi connectivity index (χ4v) is 3.61. The molecular weight excluding hydrogens is 465 g/mol. The van der Waals surface area contributed by atoms with E-state index in [9.17, 15) is 18.3 Å². The van der Waals surface area contributed by atoms with Gasteiger partial charge in [0.2, 0.25) is 11.9 Å². The molecule has 2 heterocycles. The smallest absolute Gasteiger partial charge is 0.497 e. The van der Waals surface area contributed by atoms with Gasteiger partial charge in [-0.3, -0.25) is 4.90 Å². The standard InChI is InChI=1S/C23H25F3N6O3/c1-34-18-6-2-16(3-7-18)20-28-21(27-17-4-8-19(9-5-17)35-23(24,25)26)30-22(29-20)32-12-10-31(11-13-32)14-15-33/h2-9,33H,10-15H2,1H3,(H,27,28,29,30). The molecule has 0 bridgehead atoms. The number of β-amino-alcohol motifs (C(OH)–C–C–N with tert-alkyl or cyclic N) is 1. The van der Waals surface area contributed by atoms with Crippen molar-refractivity contribution in [1.82, 2.24) is 19.9 Å². The minimum Gasteiger partial charge on any atom is -0.497 e. The molecule has 12 heteroatoms. The number of benzene rings is 2. The lowest BCUT2D eigenvalue weighted by atomic mass is 10.2. The van der Waals surface area contributed by atoms with Crippen molar-refractivity contribution in [1.29, 1.82) is 0 Å². The van der Waals surface area contributed by atoms with E-state index >= 15 is 0 Å².